The molecule has 0 unspecified atom stereocenters. The number of halogens is 4. The summed E-state index contributed by atoms with van der Waals surface area (Å²) in [6, 6.07) is 12.8. The number of nitrogens with two attached hydrogens (primary N) is 1. The van der Waals surface area contributed by atoms with E-state index in [2.05, 4.69) is 20.6 Å². The molecule has 1 aliphatic rings. The first kappa shape index (κ1) is 30.8. The fourth-order valence-corrected chi connectivity index (χ4v) is 5.79. The molecular weight excluding hydrogens is 579 g/mol. The molecule has 1 aliphatic heterocycles. The Hall–Kier alpha value is -3.67. The van der Waals surface area contributed by atoms with Crippen molar-refractivity contribution in [1.29, 1.82) is 5.41 Å². The van der Waals surface area contributed by atoms with Crippen molar-refractivity contribution in [2.45, 2.75) is 63.5 Å². The van der Waals surface area contributed by atoms with Gasteiger partial charge in [-0.25, -0.2) is 18.0 Å². The molecule has 0 aliphatic carbocycles. The number of rotatable bonds is 10. The molecule has 43 heavy (non-hydrogen) atoms. The molecule has 0 bridgehead atoms. The van der Waals surface area contributed by atoms with Gasteiger partial charge in [0.05, 0.1) is 28.8 Å². The number of aromatic amines is 1. The molecule has 0 amide bonds. The van der Waals surface area contributed by atoms with Crippen molar-refractivity contribution in [2.24, 2.45) is 5.73 Å². The Morgan fingerprint density at radius 1 is 1.23 bits per heavy atom. The Balaban J connectivity index is 1.36. The molecule has 2 aromatic carbocycles. The van der Waals surface area contributed by atoms with Crippen molar-refractivity contribution in [3.8, 4) is 16.9 Å². The number of hydrogen-bond donors (Lipinski definition) is 5. The van der Waals surface area contributed by atoms with Crippen LogP contribution >= 0.6 is 11.6 Å². The summed E-state index contributed by atoms with van der Waals surface area (Å²) in [5.41, 5.74) is 7.54. The Bertz CT molecular complexity index is 1670. The van der Waals surface area contributed by atoms with Gasteiger partial charge < -0.3 is 21.4 Å². The maximum atomic E-state index is 15.0. The molecule has 12 heteroatoms. The molecule has 2 atom stereocenters. The zero-order valence-electron chi connectivity index (χ0n) is 23.8. The molecular formula is C31H35ClF3N7O. The molecule has 1 saturated heterocycles. The highest BCUT2D eigenvalue weighted by Gasteiger charge is 2.27. The molecule has 3 heterocycles. The van der Waals surface area contributed by atoms with E-state index in [1.165, 1.54) is 16.7 Å². The van der Waals surface area contributed by atoms with Crippen LogP contribution in [0.25, 0.3) is 28.0 Å². The normalized spacial score (nSPS) is 17.3. The number of piperidine rings is 1. The third kappa shape index (κ3) is 7.29. The van der Waals surface area contributed by atoms with E-state index in [0.717, 1.165) is 37.8 Å². The van der Waals surface area contributed by atoms with Crippen LogP contribution in [0.15, 0.2) is 53.5 Å². The zero-order chi connectivity index (χ0) is 30.7. The van der Waals surface area contributed by atoms with Gasteiger partial charge in [0, 0.05) is 42.2 Å². The number of aryl methyl sites for hydroxylation is 1. The summed E-state index contributed by atoms with van der Waals surface area (Å²) in [6.07, 6.45) is 5.28. The van der Waals surface area contributed by atoms with Crippen LogP contribution in [0.4, 0.5) is 13.2 Å². The number of fused-ring (bicyclic) bond motifs is 1. The van der Waals surface area contributed by atoms with E-state index in [1.807, 2.05) is 24.3 Å². The first-order valence-electron chi connectivity index (χ1n) is 14.4. The van der Waals surface area contributed by atoms with Crippen LogP contribution in [0, 0.1) is 11.2 Å². The number of nitrogens with one attached hydrogen (secondary N) is 4. The summed E-state index contributed by atoms with van der Waals surface area (Å²) in [4.78, 5) is 20.1. The second-order valence-electron chi connectivity index (χ2n) is 11.2. The first-order valence-corrected chi connectivity index (χ1v) is 14.7. The van der Waals surface area contributed by atoms with Crippen LogP contribution in [-0.4, -0.2) is 45.4 Å². The van der Waals surface area contributed by atoms with Gasteiger partial charge in [-0.1, -0.05) is 30.2 Å². The summed E-state index contributed by atoms with van der Waals surface area (Å²) >= 11 is 6.11. The predicted molar refractivity (Wildman–Crippen MR) is 164 cm³/mol. The lowest BCUT2D eigenvalue weighted by molar-refractivity contribution is 0.00246. The van der Waals surface area contributed by atoms with E-state index in [1.54, 1.807) is 19.2 Å². The molecule has 0 spiro atoms. The van der Waals surface area contributed by atoms with Gasteiger partial charge in [0.1, 0.15) is 5.65 Å². The average Bonchev–Trinajstić information content (AvgIpc) is 3.40. The van der Waals surface area contributed by atoms with Gasteiger partial charge in [-0.2, -0.15) is 4.98 Å². The number of aromatic nitrogens is 3. The predicted octanol–water partition coefficient (Wildman–Crippen LogP) is 5.86. The number of amidine groups is 1. The van der Waals surface area contributed by atoms with Crippen LogP contribution in [0.3, 0.4) is 0 Å². The summed E-state index contributed by atoms with van der Waals surface area (Å²) in [5, 5.41) is 14.7. The van der Waals surface area contributed by atoms with E-state index in [-0.39, 0.29) is 28.7 Å². The van der Waals surface area contributed by atoms with Gasteiger partial charge in [0.25, 0.3) is 5.92 Å². The second kappa shape index (κ2) is 12.9. The minimum Gasteiger partial charge on any atom is -0.374 e. The van der Waals surface area contributed by atoms with Crippen LogP contribution in [0.2, 0.25) is 5.02 Å². The van der Waals surface area contributed by atoms with Gasteiger partial charge in [0.15, 0.2) is 5.82 Å². The van der Waals surface area contributed by atoms with E-state index in [9.17, 15) is 13.6 Å². The van der Waals surface area contributed by atoms with E-state index < -0.39 is 30.4 Å². The summed E-state index contributed by atoms with van der Waals surface area (Å²) in [6.45, 7) is 1.72. The summed E-state index contributed by atoms with van der Waals surface area (Å²) in [7, 11) is 0. The zero-order valence-corrected chi connectivity index (χ0v) is 24.6. The standard InChI is InChI=1S/C31H35ClF3N7O/c1-18(37)38-12-10-22-3-2-4-26(39-22)20-5-7-23(8-6-20)42-16-21-15-27(40-29(21)41-30(42)43)24-13-19(14-25(32)28(24)33)9-11-31(34,35)17-36/h5-8,13-16,22,26,39H,2-4,9-12,17,36H2,1H3,(H2,37,38)(H,40,41,43)/t22-,26-/m0/s1. The third-order valence-corrected chi connectivity index (χ3v) is 8.18. The SMILES string of the molecule is CC(=N)NCC[C@@H]1CCC[C@@H](c2ccc(-n3cc4cc(-c5cc(CCC(F)(F)CN)cc(Cl)c5F)[nH]c4nc3=O)cc2)N1. The van der Waals surface area contributed by atoms with Gasteiger partial charge in [-0.15, -0.1) is 0 Å². The average molecular weight is 614 g/mol. The Morgan fingerprint density at radius 3 is 2.72 bits per heavy atom. The fraction of sp³-hybridized carbons (Fsp3) is 0.387. The maximum Gasteiger partial charge on any atom is 0.354 e. The van der Waals surface area contributed by atoms with Crippen LogP contribution < -0.4 is 22.1 Å². The van der Waals surface area contributed by atoms with Crippen molar-refractivity contribution in [1.82, 2.24) is 25.2 Å². The highest BCUT2D eigenvalue weighted by Crippen LogP contribution is 2.32. The lowest BCUT2D eigenvalue weighted by atomic mass is 9.92. The lowest BCUT2D eigenvalue weighted by Crippen LogP contribution is -2.39. The maximum absolute atomic E-state index is 15.0. The smallest absolute Gasteiger partial charge is 0.354 e. The summed E-state index contributed by atoms with van der Waals surface area (Å²) < 4.78 is 43.9. The number of H-pyrrole nitrogens is 1. The molecule has 5 rings (SSSR count). The van der Waals surface area contributed by atoms with Crippen LogP contribution in [-0.2, 0) is 6.42 Å². The van der Waals surface area contributed by atoms with Gasteiger partial charge in [-0.05, 0) is 74.1 Å². The van der Waals surface area contributed by atoms with E-state index in [4.69, 9.17) is 22.7 Å². The largest absolute Gasteiger partial charge is 0.374 e. The van der Waals surface area contributed by atoms with Crippen molar-refractivity contribution < 1.29 is 13.2 Å². The molecule has 0 saturated carbocycles. The van der Waals surface area contributed by atoms with Crippen molar-refractivity contribution in [3.63, 3.8) is 0 Å². The Labute approximate surface area is 252 Å². The number of nitrogens with zero attached hydrogens (tertiary/aromatic N) is 2. The van der Waals surface area contributed by atoms with Gasteiger partial charge in [-0.3, -0.25) is 9.98 Å². The third-order valence-electron chi connectivity index (χ3n) is 7.90. The molecule has 1 fully saturated rings. The molecule has 228 valence electrons. The lowest BCUT2D eigenvalue weighted by Gasteiger charge is -2.31. The van der Waals surface area contributed by atoms with Crippen LogP contribution in [0.1, 0.15) is 56.2 Å². The molecule has 4 aromatic rings. The minimum absolute atomic E-state index is 0.0327. The first-order chi connectivity index (χ1) is 20.5. The van der Waals surface area contributed by atoms with Crippen LogP contribution in [0.5, 0.6) is 0 Å². The molecule has 6 N–H and O–H groups in total. The number of alkyl halides is 2. The summed E-state index contributed by atoms with van der Waals surface area (Å²) in [5.74, 6) is -3.26. The number of hydrogen-bond acceptors (Lipinski definition) is 5. The quantitative estimate of drug-likeness (QED) is 0.113. The number of benzene rings is 2. The van der Waals surface area contributed by atoms with Crippen molar-refractivity contribution >= 4 is 28.5 Å². The van der Waals surface area contributed by atoms with Gasteiger partial charge in [0.2, 0.25) is 0 Å². The van der Waals surface area contributed by atoms with Gasteiger partial charge >= 0.3 is 5.69 Å². The monoisotopic (exact) mass is 613 g/mol. The molecule has 2 aromatic heterocycles. The molecule has 0 radical (unpaired) electrons. The van der Waals surface area contributed by atoms with E-state index >= 15 is 4.39 Å². The highest BCUT2D eigenvalue weighted by molar-refractivity contribution is 6.31. The van der Waals surface area contributed by atoms with E-state index in [0.29, 0.717) is 34.2 Å². The fourth-order valence-electron chi connectivity index (χ4n) is 5.55. The Morgan fingerprint density at radius 2 is 2.00 bits per heavy atom. The van der Waals surface area contributed by atoms with Crippen molar-refractivity contribution in [3.05, 3.63) is 81.1 Å². The van der Waals surface area contributed by atoms with Crippen molar-refractivity contribution in [2.75, 3.05) is 13.1 Å². The second-order valence-corrected chi connectivity index (χ2v) is 11.6. The topological polar surface area (TPSA) is 125 Å². The minimum atomic E-state index is -3.03. The molecule has 8 nitrogen and oxygen atoms in total. The Kier molecular flexibility index (Phi) is 9.24. The highest BCUT2D eigenvalue weighted by atomic mass is 35.5.